The van der Waals surface area contributed by atoms with Gasteiger partial charge < -0.3 is 9.64 Å². The van der Waals surface area contributed by atoms with E-state index in [1.807, 2.05) is 45.2 Å². The van der Waals surface area contributed by atoms with E-state index >= 15 is 0 Å². The van der Waals surface area contributed by atoms with Gasteiger partial charge in [0, 0.05) is 37.4 Å². The van der Waals surface area contributed by atoms with Crippen LogP contribution in [0.4, 0.5) is 4.79 Å². The minimum atomic E-state index is -0.486. The first-order valence-corrected chi connectivity index (χ1v) is 10.8. The van der Waals surface area contributed by atoms with Crippen molar-refractivity contribution in [2.45, 2.75) is 32.4 Å². The summed E-state index contributed by atoms with van der Waals surface area (Å²) >= 11 is 6.33. The minimum Gasteiger partial charge on any atom is -0.444 e. The Kier molecular flexibility index (Phi) is 5.64. The highest BCUT2D eigenvalue weighted by Crippen LogP contribution is 2.39. The van der Waals surface area contributed by atoms with Crippen LogP contribution in [-0.2, 0) is 4.74 Å². The second-order valence-electron chi connectivity index (χ2n) is 8.94. The Bertz CT molecular complexity index is 994. The molecule has 0 spiro atoms. The van der Waals surface area contributed by atoms with Gasteiger partial charge in [-0.2, -0.15) is 0 Å². The number of rotatable bonds is 1. The summed E-state index contributed by atoms with van der Waals surface area (Å²) in [4.78, 5) is 21.5. The Labute approximate surface area is 184 Å². The van der Waals surface area contributed by atoms with Crippen LogP contribution in [0.25, 0.3) is 11.5 Å². The van der Waals surface area contributed by atoms with Crippen molar-refractivity contribution in [3.05, 3.63) is 63.9 Å². The Balaban J connectivity index is 1.64. The fourth-order valence-electron chi connectivity index (χ4n) is 4.21. The highest BCUT2D eigenvalue weighted by atomic mass is 35.5. The normalized spacial score (nSPS) is 19.4. The van der Waals surface area contributed by atoms with Crippen LogP contribution in [0.2, 0.25) is 5.02 Å². The number of fused-ring (bicyclic) bond motifs is 2. The number of hydrogen-bond donors (Lipinski definition) is 0. The number of carbonyl (C=O) groups excluding carboxylic acids is 1. The van der Waals surface area contributed by atoms with E-state index in [4.69, 9.17) is 21.3 Å². The third kappa shape index (κ3) is 4.25. The summed E-state index contributed by atoms with van der Waals surface area (Å²) < 4.78 is 5.55. The zero-order valence-corrected chi connectivity index (χ0v) is 18.7. The monoisotopic (exact) mass is 423 g/mol. The van der Waals surface area contributed by atoms with E-state index in [0.717, 1.165) is 34.9 Å². The van der Waals surface area contributed by atoms with Crippen LogP contribution >= 0.6 is 11.6 Å². The Morgan fingerprint density at radius 1 is 1.20 bits per heavy atom. The van der Waals surface area contributed by atoms with E-state index in [9.17, 15) is 4.79 Å². The summed E-state index contributed by atoms with van der Waals surface area (Å²) in [6.45, 7) is 8.44. The summed E-state index contributed by atoms with van der Waals surface area (Å²) in [7, 11) is 2.12. The Hall–Kier alpha value is -2.31. The maximum absolute atomic E-state index is 12.5. The van der Waals surface area contributed by atoms with Crippen molar-refractivity contribution >= 4 is 37.1 Å². The summed E-state index contributed by atoms with van der Waals surface area (Å²) in [6.07, 6.45) is 3.80. The standard InChI is InChI=1S/C23H27BClN3O2/c1-23(2,3)30-22(29)28-11-9-27(10-12-28)21-17-7-6-16(25)14-18(17)19(24)13-15-5-4-8-26-20(15)21/h4-8,13-14,21H,9-12,24H2,1-3H3. The van der Waals surface area contributed by atoms with Crippen LogP contribution in [0.3, 0.4) is 0 Å². The van der Waals surface area contributed by atoms with Crippen LogP contribution < -0.4 is 0 Å². The lowest BCUT2D eigenvalue weighted by molar-refractivity contribution is 0.0118. The molecule has 2 aromatic rings. The van der Waals surface area contributed by atoms with Gasteiger partial charge in [-0.3, -0.25) is 9.88 Å². The third-order valence-corrected chi connectivity index (χ3v) is 5.80. The number of ether oxygens (including phenoxy) is 1. The quantitative estimate of drug-likeness (QED) is 0.654. The van der Waals surface area contributed by atoms with Crippen molar-refractivity contribution < 1.29 is 9.53 Å². The van der Waals surface area contributed by atoms with Gasteiger partial charge >= 0.3 is 6.09 Å². The van der Waals surface area contributed by atoms with Crippen molar-refractivity contribution in [1.82, 2.24) is 14.8 Å². The molecule has 2 aliphatic rings. The Morgan fingerprint density at radius 3 is 2.63 bits per heavy atom. The predicted octanol–water partition coefficient (Wildman–Crippen LogP) is 3.82. The maximum Gasteiger partial charge on any atom is 0.410 e. The highest BCUT2D eigenvalue weighted by molar-refractivity contribution is 6.45. The van der Waals surface area contributed by atoms with Gasteiger partial charge in [-0.15, -0.1) is 0 Å². The zero-order chi connectivity index (χ0) is 21.5. The number of amides is 1. The number of pyridine rings is 1. The Morgan fingerprint density at radius 2 is 1.93 bits per heavy atom. The topological polar surface area (TPSA) is 45.7 Å². The first-order valence-electron chi connectivity index (χ1n) is 10.4. The van der Waals surface area contributed by atoms with Crippen LogP contribution in [-0.4, -0.2) is 60.5 Å². The summed E-state index contributed by atoms with van der Waals surface area (Å²) in [5.74, 6) is 0. The molecule has 1 aromatic carbocycles. The minimum absolute atomic E-state index is 0.0166. The number of halogens is 1. The summed E-state index contributed by atoms with van der Waals surface area (Å²) in [5, 5.41) is 0.730. The maximum atomic E-state index is 12.5. The SMILES string of the molecule is BC1=Cc2cccnc2C(N2CCN(C(=O)OC(C)(C)C)CC2)c2ccc(Cl)cc21. The van der Waals surface area contributed by atoms with Gasteiger partial charge in [0.2, 0.25) is 0 Å². The molecule has 156 valence electrons. The lowest BCUT2D eigenvalue weighted by Gasteiger charge is -2.40. The van der Waals surface area contributed by atoms with E-state index in [-0.39, 0.29) is 12.1 Å². The lowest BCUT2D eigenvalue weighted by atomic mass is 9.84. The molecule has 0 N–H and O–H groups in total. The fourth-order valence-corrected chi connectivity index (χ4v) is 4.38. The molecule has 4 rings (SSSR count). The molecule has 0 bridgehead atoms. The van der Waals surface area contributed by atoms with Crippen molar-refractivity contribution in [2.24, 2.45) is 0 Å². The molecule has 1 aliphatic carbocycles. The second-order valence-corrected chi connectivity index (χ2v) is 9.38. The molecular formula is C23H27BClN3O2. The average molecular weight is 424 g/mol. The van der Waals surface area contributed by atoms with Gasteiger partial charge in [0.1, 0.15) is 13.4 Å². The first-order chi connectivity index (χ1) is 14.2. The van der Waals surface area contributed by atoms with E-state index in [0.29, 0.717) is 13.1 Å². The van der Waals surface area contributed by atoms with Gasteiger partial charge in [0.25, 0.3) is 0 Å². The van der Waals surface area contributed by atoms with Crippen LogP contribution in [0.5, 0.6) is 0 Å². The van der Waals surface area contributed by atoms with Crippen molar-refractivity contribution in [2.75, 3.05) is 26.2 Å². The molecule has 1 aliphatic heterocycles. The zero-order valence-electron chi connectivity index (χ0n) is 18.0. The molecule has 0 saturated carbocycles. The molecule has 1 unspecified atom stereocenters. The fraction of sp³-hybridized carbons (Fsp3) is 0.391. The average Bonchev–Trinajstić information content (AvgIpc) is 2.81. The predicted molar refractivity (Wildman–Crippen MR) is 123 cm³/mol. The number of carbonyl (C=O) groups is 1. The van der Waals surface area contributed by atoms with Gasteiger partial charge in [-0.25, -0.2) is 4.79 Å². The van der Waals surface area contributed by atoms with Gasteiger partial charge in [-0.05, 0) is 55.7 Å². The molecule has 5 nitrogen and oxygen atoms in total. The molecule has 1 amide bonds. The molecule has 2 heterocycles. The number of aromatic nitrogens is 1. The summed E-state index contributed by atoms with van der Waals surface area (Å²) in [5.41, 5.74) is 5.22. The molecule has 7 heteroatoms. The molecule has 1 aromatic heterocycles. The van der Waals surface area contributed by atoms with Gasteiger partial charge in [-0.1, -0.05) is 35.3 Å². The van der Waals surface area contributed by atoms with Crippen molar-refractivity contribution in [3.63, 3.8) is 0 Å². The number of piperazine rings is 1. The number of nitrogens with zero attached hydrogens (tertiary/aromatic N) is 3. The van der Waals surface area contributed by atoms with E-state index in [2.05, 4.69) is 31.0 Å². The van der Waals surface area contributed by atoms with Crippen LogP contribution in [0.15, 0.2) is 36.5 Å². The first kappa shape index (κ1) is 20.9. The van der Waals surface area contributed by atoms with Crippen molar-refractivity contribution in [3.8, 4) is 0 Å². The molecule has 1 saturated heterocycles. The molecule has 0 radical (unpaired) electrons. The molecule has 30 heavy (non-hydrogen) atoms. The molecule has 1 fully saturated rings. The van der Waals surface area contributed by atoms with E-state index < -0.39 is 5.60 Å². The number of benzene rings is 1. The second kappa shape index (κ2) is 8.08. The van der Waals surface area contributed by atoms with E-state index in [1.54, 1.807) is 4.90 Å². The van der Waals surface area contributed by atoms with Gasteiger partial charge in [0.05, 0.1) is 11.7 Å². The molecule has 1 atom stereocenters. The molecular weight excluding hydrogens is 397 g/mol. The largest absolute Gasteiger partial charge is 0.444 e. The highest BCUT2D eigenvalue weighted by Gasteiger charge is 2.33. The summed E-state index contributed by atoms with van der Waals surface area (Å²) in [6, 6.07) is 10.2. The lowest BCUT2D eigenvalue weighted by Crippen LogP contribution is -2.51. The number of hydrogen-bond acceptors (Lipinski definition) is 4. The van der Waals surface area contributed by atoms with Crippen LogP contribution in [0, 0.1) is 0 Å². The van der Waals surface area contributed by atoms with Crippen molar-refractivity contribution in [1.29, 1.82) is 0 Å². The third-order valence-electron chi connectivity index (χ3n) is 5.57. The van der Waals surface area contributed by atoms with E-state index in [1.165, 1.54) is 11.0 Å². The smallest absolute Gasteiger partial charge is 0.410 e. The van der Waals surface area contributed by atoms with Gasteiger partial charge in [0.15, 0.2) is 0 Å². The van der Waals surface area contributed by atoms with Crippen LogP contribution in [0.1, 0.15) is 49.2 Å².